The van der Waals surface area contributed by atoms with E-state index < -0.39 is 0 Å². The third kappa shape index (κ3) is 5.82. The number of fused-ring (bicyclic) bond motifs is 3. The fourth-order valence-corrected chi connectivity index (χ4v) is 14.2. The second-order valence-electron chi connectivity index (χ2n) is 24.5. The Morgan fingerprint density at radius 2 is 1.38 bits per heavy atom. The molecule has 0 N–H and O–H groups in total. The second kappa shape index (κ2) is 12.8. The minimum absolute atomic E-state index is 0.00706. The molecule has 4 aliphatic carbocycles. The van der Waals surface area contributed by atoms with Crippen molar-refractivity contribution < 1.29 is 0 Å². The van der Waals surface area contributed by atoms with E-state index in [4.69, 9.17) is 0 Å². The van der Waals surface area contributed by atoms with Gasteiger partial charge in [-0.1, -0.05) is 167 Å². The van der Waals surface area contributed by atoms with Crippen molar-refractivity contribution in [1.29, 1.82) is 0 Å². The Morgan fingerprint density at radius 3 is 2.10 bits per heavy atom. The third-order valence-corrected chi connectivity index (χ3v) is 18.1. The van der Waals surface area contributed by atoms with Crippen LogP contribution in [0, 0.1) is 17.8 Å². The van der Waals surface area contributed by atoms with E-state index >= 15 is 0 Å². The Balaban J connectivity index is 1.39. The van der Waals surface area contributed by atoms with Gasteiger partial charge in [0.25, 0.3) is 0 Å². The molecule has 2 atom stereocenters. The summed E-state index contributed by atoms with van der Waals surface area (Å²) in [6.45, 7) is 37.2. The van der Waals surface area contributed by atoms with Gasteiger partial charge in [0.1, 0.15) is 0 Å². The van der Waals surface area contributed by atoms with Crippen LogP contribution in [0.15, 0.2) is 88.4 Å². The normalized spacial score (nSPS) is 24.9. The van der Waals surface area contributed by atoms with Crippen LogP contribution in [0.1, 0.15) is 175 Å². The number of nitrogens with zero attached hydrogens (tertiary/aromatic N) is 1. The Labute approximate surface area is 367 Å². The van der Waals surface area contributed by atoms with Crippen molar-refractivity contribution in [3.63, 3.8) is 0 Å². The van der Waals surface area contributed by atoms with Crippen molar-refractivity contribution in [2.45, 2.75) is 177 Å². The van der Waals surface area contributed by atoms with E-state index in [1.165, 1.54) is 91.0 Å². The molecule has 0 radical (unpaired) electrons. The van der Waals surface area contributed by atoms with Gasteiger partial charge in [-0.2, -0.15) is 0 Å². The van der Waals surface area contributed by atoms with Crippen LogP contribution in [-0.2, 0) is 21.7 Å². The molecule has 0 saturated heterocycles. The molecule has 60 heavy (non-hydrogen) atoms. The van der Waals surface area contributed by atoms with Crippen LogP contribution in [0.25, 0.3) is 21.2 Å². The van der Waals surface area contributed by atoms with Crippen molar-refractivity contribution in [1.82, 2.24) is 0 Å². The van der Waals surface area contributed by atoms with Crippen molar-refractivity contribution >= 4 is 44.3 Å². The number of thiophene rings is 1. The number of allylic oxidation sites excluding steroid dienone is 6. The zero-order valence-electron chi connectivity index (χ0n) is 39.7. The number of hydrogen-bond acceptors (Lipinski definition) is 2. The van der Waals surface area contributed by atoms with Crippen molar-refractivity contribution in [3.8, 4) is 11.1 Å². The Hall–Kier alpha value is -3.56. The lowest BCUT2D eigenvalue weighted by Gasteiger charge is -2.48. The van der Waals surface area contributed by atoms with Gasteiger partial charge in [-0.3, -0.25) is 0 Å². The SMILES string of the molecule is CC1=CC=C2B(C3=CC4=C(CC3)C(C)(C)CCC4(C)C)c3c4sc5c(cc(C(C)(C)C)cc35)C3(C)CCC(C)(C)c5cc(ccc53)-c3cc(C(C)(C)C)cc(C)c3N4C2C1. The predicted octanol–water partition coefficient (Wildman–Crippen LogP) is 15.6. The summed E-state index contributed by atoms with van der Waals surface area (Å²) < 4.78 is 1.52. The molecule has 0 saturated carbocycles. The highest BCUT2D eigenvalue weighted by molar-refractivity contribution is 7.26. The Bertz CT molecular complexity index is 2670. The number of benzene rings is 3. The van der Waals surface area contributed by atoms with Gasteiger partial charge < -0.3 is 4.90 Å². The lowest BCUT2D eigenvalue weighted by Crippen LogP contribution is -2.53. The van der Waals surface area contributed by atoms with Gasteiger partial charge in [-0.15, -0.1) is 11.3 Å². The van der Waals surface area contributed by atoms with Gasteiger partial charge in [-0.05, 0) is 147 Å². The van der Waals surface area contributed by atoms with Gasteiger partial charge in [0.15, 0.2) is 0 Å². The largest absolute Gasteiger partial charge is 0.326 e. The molecule has 312 valence electrons. The zero-order chi connectivity index (χ0) is 42.9. The summed E-state index contributed by atoms with van der Waals surface area (Å²) in [5.74, 6) is 0. The maximum atomic E-state index is 2.90. The van der Waals surface area contributed by atoms with Crippen LogP contribution in [0.4, 0.5) is 10.7 Å². The van der Waals surface area contributed by atoms with Crippen molar-refractivity contribution in [3.05, 3.63) is 122 Å². The molecule has 1 nitrogen and oxygen atoms in total. The van der Waals surface area contributed by atoms with Crippen LogP contribution in [0.3, 0.4) is 0 Å². The van der Waals surface area contributed by atoms with Crippen LogP contribution < -0.4 is 10.4 Å². The number of anilines is 2. The monoisotopic (exact) mass is 812 g/mol. The molecular weight excluding hydrogens is 742 g/mol. The summed E-state index contributed by atoms with van der Waals surface area (Å²) >= 11 is 2.14. The Kier molecular flexibility index (Phi) is 8.62. The summed E-state index contributed by atoms with van der Waals surface area (Å²) in [6, 6.07) is 18.4. The first-order chi connectivity index (χ1) is 27.9. The third-order valence-electron chi connectivity index (χ3n) is 16.8. The molecule has 4 heterocycles. The molecule has 1 aromatic heterocycles. The molecule has 0 amide bonds. The van der Waals surface area contributed by atoms with Gasteiger partial charge in [0, 0.05) is 15.7 Å². The summed E-state index contributed by atoms with van der Waals surface area (Å²) in [5, 5.41) is 3.00. The maximum Gasteiger partial charge on any atom is 0.239 e. The fourth-order valence-electron chi connectivity index (χ4n) is 12.7. The van der Waals surface area contributed by atoms with Crippen molar-refractivity contribution in [2.75, 3.05) is 4.90 Å². The van der Waals surface area contributed by atoms with Gasteiger partial charge in [0.05, 0.1) is 16.7 Å². The highest BCUT2D eigenvalue weighted by Crippen LogP contribution is 2.59. The van der Waals surface area contributed by atoms with Crippen LogP contribution in [0.5, 0.6) is 0 Å². The lowest BCUT2D eigenvalue weighted by atomic mass is 9.31. The van der Waals surface area contributed by atoms with Crippen molar-refractivity contribution in [2.24, 2.45) is 10.8 Å². The van der Waals surface area contributed by atoms with E-state index in [1.54, 1.807) is 33.1 Å². The molecule has 3 aliphatic heterocycles. The van der Waals surface area contributed by atoms with Crippen LogP contribution >= 0.6 is 11.3 Å². The molecule has 3 aromatic carbocycles. The molecule has 3 heteroatoms. The standard InChI is InChI=1S/C57H70BNS/c1-33-16-21-46-47(26-33)59-49-34(2)27-36(52(3,4)5)29-39(49)35-17-19-42-43(28-35)56(13,14)24-25-57(42,15)45-31-37(53(6,7)8)30-40-48(51(59)60-50(40)45)58(46)38-18-20-41-44(32-38)55(11,12)23-22-54(41,9)10/h16-17,19,21,27-32,47H,18,20,22-26H2,1-15H3. The fraction of sp³-hybridized carbons (Fsp3) is 0.509. The summed E-state index contributed by atoms with van der Waals surface area (Å²) in [6.07, 6.45) is 16.1. The molecular formula is C57H70BNS. The number of hydrogen-bond donors (Lipinski definition) is 0. The molecule has 7 aliphatic rings. The van der Waals surface area contributed by atoms with Gasteiger partial charge in [0.2, 0.25) is 6.71 Å². The average molecular weight is 812 g/mol. The minimum Gasteiger partial charge on any atom is -0.326 e. The van der Waals surface area contributed by atoms with E-state index in [0.29, 0.717) is 0 Å². The minimum atomic E-state index is -0.104. The summed E-state index contributed by atoms with van der Waals surface area (Å²) in [5.41, 5.74) is 23.2. The number of aryl methyl sites for hydroxylation is 1. The molecule has 0 fully saturated rings. The van der Waals surface area contributed by atoms with Gasteiger partial charge in [-0.25, -0.2) is 0 Å². The van der Waals surface area contributed by atoms with E-state index in [-0.39, 0.29) is 45.2 Å². The molecule has 4 aromatic rings. The highest BCUT2D eigenvalue weighted by Gasteiger charge is 2.50. The van der Waals surface area contributed by atoms with E-state index in [2.05, 4.69) is 181 Å². The Morgan fingerprint density at radius 1 is 0.700 bits per heavy atom. The van der Waals surface area contributed by atoms with Crippen LogP contribution in [-0.4, -0.2) is 12.8 Å². The first-order valence-corrected chi connectivity index (χ1v) is 24.3. The summed E-state index contributed by atoms with van der Waals surface area (Å²) in [7, 11) is 0. The van der Waals surface area contributed by atoms with Gasteiger partial charge >= 0.3 is 0 Å². The maximum absolute atomic E-state index is 2.90. The van der Waals surface area contributed by atoms with E-state index in [0.717, 1.165) is 19.3 Å². The molecule has 11 rings (SSSR count). The zero-order valence-corrected chi connectivity index (χ0v) is 40.5. The predicted molar refractivity (Wildman–Crippen MR) is 263 cm³/mol. The lowest BCUT2D eigenvalue weighted by molar-refractivity contribution is 0.258. The van der Waals surface area contributed by atoms with E-state index in [1.807, 2.05) is 0 Å². The highest BCUT2D eigenvalue weighted by atomic mass is 32.1. The molecule has 2 unspecified atom stereocenters. The molecule has 6 bridgehead atoms. The first-order valence-electron chi connectivity index (χ1n) is 23.4. The topological polar surface area (TPSA) is 3.24 Å². The molecule has 0 spiro atoms. The smallest absolute Gasteiger partial charge is 0.239 e. The number of rotatable bonds is 1. The second-order valence-corrected chi connectivity index (χ2v) is 25.5. The summed E-state index contributed by atoms with van der Waals surface area (Å²) in [4.78, 5) is 2.90. The average Bonchev–Trinajstić information content (AvgIpc) is 3.55. The van der Waals surface area contributed by atoms with E-state index in [9.17, 15) is 0 Å². The van der Waals surface area contributed by atoms with Crippen LogP contribution in [0.2, 0.25) is 0 Å². The quantitative estimate of drug-likeness (QED) is 0.173. The first kappa shape index (κ1) is 40.5.